The summed E-state index contributed by atoms with van der Waals surface area (Å²) in [5.74, 6) is 0. The molecule has 3 rings (SSSR count). The number of fused-ring (bicyclic) bond motifs is 2. The lowest BCUT2D eigenvalue weighted by atomic mass is 9.81. The van der Waals surface area contributed by atoms with Crippen LogP contribution in [0.2, 0.25) is 0 Å². The Morgan fingerprint density at radius 3 is 2.29 bits per heavy atom. The lowest BCUT2D eigenvalue weighted by Crippen LogP contribution is -2.56. The van der Waals surface area contributed by atoms with Crippen molar-refractivity contribution in [3.8, 4) is 0 Å². The number of nitrogens with zero attached hydrogens (tertiary/aromatic N) is 1. The number of hydrogen-bond acceptors (Lipinski definition) is 2. The van der Waals surface area contributed by atoms with Gasteiger partial charge in [0.05, 0.1) is 0 Å². The van der Waals surface area contributed by atoms with E-state index in [0.29, 0.717) is 0 Å². The minimum absolute atomic E-state index is 0.737. The zero-order valence-corrected chi connectivity index (χ0v) is 13.6. The highest BCUT2D eigenvalue weighted by Crippen LogP contribution is 2.37. The fourth-order valence-corrected chi connectivity index (χ4v) is 4.38. The van der Waals surface area contributed by atoms with Gasteiger partial charge in [0.1, 0.15) is 0 Å². The van der Waals surface area contributed by atoms with Gasteiger partial charge in [-0.05, 0) is 62.8 Å². The van der Waals surface area contributed by atoms with Crippen LogP contribution in [-0.2, 0) is 6.42 Å². The van der Waals surface area contributed by atoms with Crippen molar-refractivity contribution < 1.29 is 0 Å². The number of benzene rings is 1. The molecule has 2 atom stereocenters. The highest BCUT2D eigenvalue weighted by atomic mass is 15.2. The summed E-state index contributed by atoms with van der Waals surface area (Å²) in [5.41, 5.74) is 2.94. The number of piperidine rings is 2. The van der Waals surface area contributed by atoms with Crippen LogP contribution in [0, 0.1) is 0 Å². The van der Waals surface area contributed by atoms with Crippen molar-refractivity contribution in [2.24, 2.45) is 0 Å². The SMILES string of the molecule is CCCc1ccc(N2C3CCCC2CC(NCC)C3)cc1. The molecule has 21 heavy (non-hydrogen) atoms. The van der Waals surface area contributed by atoms with Gasteiger partial charge < -0.3 is 10.2 Å². The molecule has 2 nitrogen and oxygen atoms in total. The van der Waals surface area contributed by atoms with E-state index in [1.165, 1.54) is 56.2 Å². The Kier molecular flexibility index (Phi) is 4.84. The van der Waals surface area contributed by atoms with Gasteiger partial charge in [-0.15, -0.1) is 0 Å². The topological polar surface area (TPSA) is 15.3 Å². The predicted molar refractivity (Wildman–Crippen MR) is 91.0 cm³/mol. The molecule has 1 N–H and O–H groups in total. The van der Waals surface area contributed by atoms with Gasteiger partial charge in [0.15, 0.2) is 0 Å². The van der Waals surface area contributed by atoms with Crippen LogP contribution in [0.4, 0.5) is 5.69 Å². The summed E-state index contributed by atoms with van der Waals surface area (Å²) in [6.07, 6.45) is 9.24. The highest BCUT2D eigenvalue weighted by molar-refractivity contribution is 5.51. The van der Waals surface area contributed by atoms with Crippen LogP contribution in [0.5, 0.6) is 0 Å². The van der Waals surface area contributed by atoms with E-state index >= 15 is 0 Å². The molecular weight excluding hydrogens is 256 g/mol. The van der Waals surface area contributed by atoms with Crippen LogP contribution >= 0.6 is 0 Å². The third-order valence-corrected chi connectivity index (χ3v) is 5.24. The number of rotatable bonds is 5. The van der Waals surface area contributed by atoms with Crippen LogP contribution in [0.25, 0.3) is 0 Å². The van der Waals surface area contributed by atoms with E-state index in [2.05, 4.69) is 48.3 Å². The van der Waals surface area contributed by atoms with Gasteiger partial charge in [-0.2, -0.15) is 0 Å². The predicted octanol–water partition coefficient (Wildman–Crippen LogP) is 4.14. The van der Waals surface area contributed by atoms with E-state index in [-0.39, 0.29) is 0 Å². The second-order valence-electron chi connectivity index (χ2n) is 6.79. The van der Waals surface area contributed by atoms with Crippen LogP contribution in [-0.4, -0.2) is 24.7 Å². The molecule has 116 valence electrons. The molecule has 0 spiro atoms. The molecule has 2 fully saturated rings. The summed E-state index contributed by atoms with van der Waals surface area (Å²) in [5, 5.41) is 3.68. The fraction of sp³-hybridized carbons (Fsp3) is 0.684. The lowest BCUT2D eigenvalue weighted by molar-refractivity contribution is 0.247. The average Bonchev–Trinajstić information content (AvgIpc) is 2.48. The first-order valence-corrected chi connectivity index (χ1v) is 8.92. The van der Waals surface area contributed by atoms with Crippen molar-refractivity contribution in [3.05, 3.63) is 29.8 Å². The number of aryl methyl sites for hydroxylation is 1. The van der Waals surface area contributed by atoms with Gasteiger partial charge in [0.2, 0.25) is 0 Å². The van der Waals surface area contributed by atoms with Crippen molar-refractivity contribution in [2.45, 2.75) is 76.9 Å². The molecule has 2 aliphatic rings. The first-order chi connectivity index (χ1) is 10.3. The molecule has 2 saturated heterocycles. The molecule has 0 aromatic heterocycles. The molecule has 0 amide bonds. The van der Waals surface area contributed by atoms with Gasteiger partial charge in [0, 0.05) is 23.8 Å². The Morgan fingerprint density at radius 2 is 1.71 bits per heavy atom. The summed E-state index contributed by atoms with van der Waals surface area (Å²) in [7, 11) is 0. The van der Waals surface area contributed by atoms with Crippen molar-refractivity contribution in [1.29, 1.82) is 0 Å². The summed E-state index contributed by atoms with van der Waals surface area (Å²) in [6, 6.07) is 11.6. The maximum atomic E-state index is 3.68. The molecule has 1 aromatic rings. The van der Waals surface area contributed by atoms with Crippen molar-refractivity contribution in [2.75, 3.05) is 11.4 Å². The summed E-state index contributed by atoms with van der Waals surface area (Å²) < 4.78 is 0. The van der Waals surface area contributed by atoms with E-state index in [0.717, 1.165) is 24.7 Å². The van der Waals surface area contributed by atoms with Crippen LogP contribution in [0.15, 0.2) is 24.3 Å². The fourth-order valence-electron chi connectivity index (χ4n) is 4.38. The Labute approximate surface area is 129 Å². The molecule has 0 aliphatic carbocycles. The summed E-state index contributed by atoms with van der Waals surface area (Å²) in [6.45, 7) is 5.59. The Hall–Kier alpha value is -1.02. The van der Waals surface area contributed by atoms with Gasteiger partial charge in [-0.25, -0.2) is 0 Å². The van der Waals surface area contributed by atoms with E-state index < -0.39 is 0 Å². The second kappa shape index (κ2) is 6.83. The Bertz CT molecular complexity index is 425. The van der Waals surface area contributed by atoms with E-state index in [9.17, 15) is 0 Å². The molecule has 2 bridgehead atoms. The largest absolute Gasteiger partial charge is 0.365 e. The van der Waals surface area contributed by atoms with Crippen molar-refractivity contribution in [3.63, 3.8) is 0 Å². The first-order valence-electron chi connectivity index (χ1n) is 8.92. The Morgan fingerprint density at radius 1 is 1.05 bits per heavy atom. The van der Waals surface area contributed by atoms with Gasteiger partial charge in [-0.1, -0.05) is 32.4 Å². The second-order valence-corrected chi connectivity index (χ2v) is 6.79. The van der Waals surface area contributed by atoms with Crippen molar-refractivity contribution >= 4 is 5.69 Å². The maximum Gasteiger partial charge on any atom is 0.0371 e. The molecule has 2 heteroatoms. The molecule has 2 aliphatic heterocycles. The normalized spacial score (nSPS) is 28.7. The summed E-state index contributed by atoms with van der Waals surface area (Å²) in [4.78, 5) is 2.74. The molecular formula is C19H30N2. The number of hydrogen-bond donors (Lipinski definition) is 1. The van der Waals surface area contributed by atoms with Crippen LogP contribution in [0.1, 0.15) is 57.9 Å². The number of anilines is 1. The van der Waals surface area contributed by atoms with Gasteiger partial charge >= 0.3 is 0 Å². The standard InChI is InChI=1S/C19H30N2/c1-3-6-15-9-11-17(12-10-15)21-18-7-5-8-19(21)14-16(13-18)20-4-2/h9-12,16,18-20H,3-8,13-14H2,1-2H3. The quantitative estimate of drug-likeness (QED) is 0.875. The van der Waals surface area contributed by atoms with E-state index in [4.69, 9.17) is 0 Å². The third-order valence-electron chi connectivity index (χ3n) is 5.24. The monoisotopic (exact) mass is 286 g/mol. The lowest BCUT2D eigenvalue weighted by Gasteiger charge is -2.50. The molecule has 2 unspecified atom stereocenters. The van der Waals surface area contributed by atoms with E-state index in [1.807, 2.05) is 0 Å². The number of nitrogens with one attached hydrogen (secondary N) is 1. The van der Waals surface area contributed by atoms with Crippen molar-refractivity contribution in [1.82, 2.24) is 5.32 Å². The van der Waals surface area contributed by atoms with Gasteiger partial charge in [-0.3, -0.25) is 0 Å². The zero-order valence-electron chi connectivity index (χ0n) is 13.6. The Balaban J connectivity index is 1.75. The zero-order chi connectivity index (χ0) is 14.7. The smallest absolute Gasteiger partial charge is 0.0371 e. The molecule has 2 heterocycles. The van der Waals surface area contributed by atoms with Crippen LogP contribution in [0.3, 0.4) is 0 Å². The highest BCUT2D eigenvalue weighted by Gasteiger charge is 2.37. The minimum Gasteiger partial charge on any atom is -0.365 e. The summed E-state index contributed by atoms with van der Waals surface area (Å²) >= 11 is 0. The van der Waals surface area contributed by atoms with Crippen LogP contribution < -0.4 is 10.2 Å². The average molecular weight is 286 g/mol. The van der Waals surface area contributed by atoms with Gasteiger partial charge in [0.25, 0.3) is 0 Å². The van der Waals surface area contributed by atoms with E-state index in [1.54, 1.807) is 0 Å². The first kappa shape index (κ1) is 14.9. The third kappa shape index (κ3) is 3.26. The maximum absolute atomic E-state index is 3.68. The minimum atomic E-state index is 0.737. The molecule has 0 radical (unpaired) electrons. The molecule has 1 aromatic carbocycles. The molecule has 0 saturated carbocycles.